The summed E-state index contributed by atoms with van der Waals surface area (Å²) in [7, 11) is 0. The maximum absolute atomic E-state index is 4.33. The molecule has 0 spiro atoms. The van der Waals surface area contributed by atoms with Gasteiger partial charge in [-0.05, 0) is 30.5 Å². The fourth-order valence-corrected chi connectivity index (χ4v) is 2.77. The largest absolute Gasteiger partial charge is 0.261 e. The number of para-hydroxylation sites is 1. The third-order valence-corrected chi connectivity index (χ3v) is 3.30. The zero-order valence-electron chi connectivity index (χ0n) is 6.19. The Kier molecular flexibility index (Phi) is 1.77. The van der Waals surface area contributed by atoms with E-state index >= 15 is 0 Å². The topological polar surface area (TPSA) is 3.24 Å². The zero-order chi connectivity index (χ0) is 7.84. The zero-order valence-corrected chi connectivity index (χ0v) is 7.90. The summed E-state index contributed by atoms with van der Waals surface area (Å²) in [6.07, 6.45) is 0. The van der Waals surface area contributed by atoms with Crippen molar-refractivity contribution in [2.75, 3.05) is 3.71 Å². The summed E-state index contributed by atoms with van der Waals surface area (Å²) >= 11 is 6.07. The molecule has 11 heavy (non-hydrogen) atoms. The van der Waals surface area contributed by atoms with Crippen LogP contribution in [0.15, 0.2) is 24.3 Å². The third-order valence-electron chi connectivity index (χ3n) is 1.84. The van der Waals surface area contributed by atoms with Crippen LogP contribution in [0.2, 0.25) is 0 Å². The Hall–Kier alpha value is -0.280. The van der Waals surface area contributed by atoms with Gasteiger partial charge in [0, 0.05) is 5.25 Å². The van der Waals surface area contributed by atoms with Crippen molar-refractivity contribution in [3.05, 3.63) is 29.8 Å². The van der Waals surface area contributed by atoms with Gasteiger partial charge in [0.25, 0.3) is 0 Å². The number of anilines is 1. The summed E-state index contributed by atoms with van der Waals surface area (Å²) in [5.41, 5.74) is 2.61. The first-order valence-electron chi connectivity index (χ1n) is 3.54. The van der Waals surface area contributed by atoms with E-state index in [1.165, 1.54) is 11.3 Å². The Bertz CT molecular complexity index is 248. The molecule has 1 atom stereocenters. The van der Waals surface area contributed by atoms with Crippen LogP contribution in [0.25, 0.3) is 0 Å². The van der Waals surface area contributed by atoms with E-state index in [9.17, 15) is 0 Å². The van der Waals surface area contributed by atoms with E-state index in [1.807, 2.05) is 9.78 Å². The van der Waals surface area contributed by atoms with Gasteiger partial charge in [-0.2, -0.15) is 0 Å². The molecule has 0 radical (unpaired) electrons. The second-order valence-electron chi connectivity index (χ2n) is 2.58. The molecule has 58 valence electrons. The van der Waals surface area contributed by atoms with Crippen LogP contribution in [-0.2, 0) is 0 Å². The molecule has 1 nitrogen and oxygen atoms in total. The van der Waals surface area contributed by atoms with Gasteiger partial charge in [0.1, 0.15) is 0 Å². The molecule has 3 heteroatoms. The van der Waals surface area contributed by atoms with Gasteiger partial charge in [-0.3, -0.25) is 3.71 Å². The van der Waals surface area contributed by atoms with Gasteiger partial charge in [0.15, 0.2) is 0 Å². The third kappa shape index (κ3) is 1.12. The number of thiol groups is 1. The Labute approximate surface area is 76.5 Å². The Morgan fingerprint density at radius 2 is 2.18 bits per heavy atom. The Morgan fingerprint density at radius 1 is 1.45 bits per heavy atom. The van der Waals surface area contributed by atoms with Crippen molar-refractivity contribution in [1.82, 2.24) is 0 Å². The van der Waals surface area contributed by atoms with E-state index in [1.54, 1.807) is 11.9 Å². The van der Waals surface area contributed by atoms with Crippen LogP contribution in [0.3, 0.4) is 0 Å². The molecule has 2 rings (SSSR count). The van der Waals surface area contributed by atoms with Gasteiger partial charge >= 0.3 is 0 Å². The molecule has 0 aromatic heterocycles. The van der Waals surface area contributed by atoms with E-state index in [2.05, 4.69) is 37.9 Å². The lowest BCUT2D eigenvalue weighted by atomic mass is 10.1. The number of fused-ring (bicyclic) bond motifs is 1. The highest BCUT2D eigenvalue weighted by Gasteiger charge is 2.23. The SMILES string of the molecule is CC1SN(S)c2ccccc21. The lowest BCUT2D eigenvalue weighted by Crippen LogP contribution is -1.90. The van der Waals surface area contributed by atoms with Gasteiger partial charge in [0.05, 0.1) is 5.69 Å². The molecule has 1 aliphatic rings. The maximum Gasteiger partial charge on any atom is 0.0635 e. The molecule has 0 fully saturated rings. The van der Waals surface area contributed by atoms with Gasteiger partial charge in [0.2, 0.25) is 0 Å². The van der Waals surface area contributed by atoms with Crippen LogP contribution in [0.1, 0.15) is 17.7 Å². The van der Waals surface area contributed by atoms with Crippen molar-refractivity contribution < 1.29 is 0 Å². The van der Waals surface area contributed by atoms with E-state index in [0.29, 0.717) is 5.25 Å². The van der Waals surface area contributed by atoms with Crippen LogP contribution in [0.5, 0.6) is 0 Å². The van der Waals surface area contributed by atoms with Gasteiger partial charge in [-0.1, -0.05) is 31.0 Å². The summed E-state index contributed by atoms with van der Waals surface area (Å²) in [4.78, 5) is 0. The van der Waals surface area contributed by atoms with Crippen molar-refractivity contribution in [2.24, 2.45) is 0 Å². The fourth-order valence-electron chi connectivity index (χ4n) is 1.27. The lowest BCUT2D eigenvalue weighted by molar-refractivity contribution is 1.13. The molecule has 0 amide bonds. The average molecular weight is 183 g/mol. The molecule has 0 aliphatic carbocycles. The first kappa shape index (κ1) is 7.37. The van der Waals surface area contributed by atoms with Crippen LogP contribution >= 0.6 is 24.8 Å². The standard InChI is InChI=1S/C8H9NS2/c1-6-7-4-2-3-5-8(7)9(10)11-6/h2-6,10H,1H3. The molecule has 0 N–H and O–H groups in total. The van der Waals surface area contributed by atoms with Crippen molar-refractivity contribution in [2.45, 2.75) is 12.2 Å². The van der Waals surface area contributed by atoms with Crippen LogP contribution in [-0.4, -0.2) is 0 Å². The summed E-state index contributed by atoms with van der Waals surface area (Å²) in [6, 6.07) is 8.37. The summed E-state index contributed by atoms with van der Waals surface area (Å²) < 4.78 is 1.93. The molecule has 1 heterocycles. The number of nitrogens with zero attached hydrogens (tertiary/aromatic N) is 1. The second kappa shape index (κ2) is 2.64. The molecule has 0 bridgehead atoms. The minimum absolute atomic E-state index is 0.545. The maximum atomic E-state index is 4.33. The average Bonchev–Trinajstić information content (AvgIpc) is 2.30. The Balaban J connectivity index is 2.52. The van der Waals surface area contributed by atoms with Crippen LogP contribution in [0, 0.1) is 0 Å². The normalized spacial score (nSPS) is 22.0. The smallest absolute Gasteiger partial charge is 0.0635 e. The highest BCUT2D eigenvalue weighted by molar-refractivity contribution is 8.12. The van der Waals surface area contributed by atoms with E-state index in [0.717, 1.165) is 0 Å². The first-order chi connectivity index (χ1) is 5.29. The molecule has 0 saturated carbocycles. The number of benzene rings is 1. The summed E-state index contributed by atoms with van der Waals surface area (Å²) in [6.45, 7) is 2.19. The Morgan fingerprint density at radius 3 is 2.91 bits per heavy atom. The monoisotopic (exact) mass is 183 g/mol. The number of hydrogen-bond acceptors (Lipinski definition) is 3. The van der Waals surface area contributed by atoms with Crippen molar-refractivity contribution in [3.8, 4) is 0 Å². The molecule has 1 aromatic rings. The van der Waals surface area contributed by atoms with Crippen molar-refractivity contribution >= 4 is 30.5 Å². The highest BCUT2D eigenvalue weighted by atomic mass is 32.2. The number of rotatable bonds is 0. The second-order valence-corrected chi connectivity index (χ2v) is 4.53. The highest BCUT2D eigenvalue weighted by Crippen LogP contribution is 2.47. The van der Waals surface area contributed by atoms with Crippen LogP contribution < -0.4 is 3.71 Å². The van der Waals surface area contributed by atoms with Gasteiger partial charge in [-0.15, -0.1) is 0 Å². The van der Waals surface area contributed by atoms with E-state index in [-0.39, 0.29) is 0 Å². The van der Waals surface area contributed by atoms with Gasteiger partial charge < -0.3 is 0 Å². The molecular weight excluding hydrogens is 174 g/mol. The predicted octanol–water partition coefficient (Wildman–Crippen LogP) is 3.06. The minimum atomic E-state index is 0.545. The fraction of sp³-hybridized carbons (Fsp3) is 0.250. The van der Waals surface area contributed by atoms with Gasteiger partial charge in [-0.25, -0.2) is 0 Å². The number of hydrogen-bond donors (Lipinski definition) is 1. The molecule has 1 aromatic carbocycles. The van der Waals surface area contributed by atoms with Crippen molar-refractivity contribution in [1.29, 1.82) is 0 Å². The molecule has 1 aliphatic heterocycles. The van der Waals surface area contributed by atoms with E-state index < -0.39 is 0 Å². The summed E-state index contributed by atoms with van der Waals surface area (Å²) in [5.74, 6) is 0. The quantitative estimate of drug-likeness (QED) is 0.486. The molecule has 0 saturated heterocycles. The molecule has 1 unspecified atom stereocenters. The van der Waals surface area contributed by atoms with Crippen LogP contribution in [0.4, 0.5) is 5.69 Å². The minimum Gasteiger partial charge on any atom is -0.261 e. The van der Waals surface area contributed by atoms with Crippen molar-refractivity contribution in [3.63, 3.8) is 0 Å². The molecular formula is C8H9NS2. The summed E-state index contributed by atoms with van der Waals surface area (Å²) in [5, 5.41) is 0.545. The van der Waals surface area contributed by atoms with E-state index in [4.69, 9.17) is 0 Å². The lowest BCUT2D eigenvalue weighted by Gasteiger charge is -2.06. The first-order valence-corrected chi connectivity index (χ1v) is 4.77. The predicted molar refractivity (Wildman–Crippen MR) is 53.9 cm³/mol.